The molecule has 16 heavy (non-hydrogen) atoms. The summed E-state index contributed by atoms with van der Waals surface area (Å²) < 4.78 is 17.3. The highest BCUT2D eigenvalue weighted by Crippen LogP contribution is 2.43. The molecule has 2 atom stereocenters. The van der Waals surface area contributed by atoms with E-state index in [1.54, 1.807) is 13.0 Å². The zero-order valence-electron chi connectivity index (χ0n) is 10.2. The first-order valence-electron chi connectivity index (χ1n) is 5.46. The maximum absolute atomic E-state index is 12.1. The highest BCUT2D eigenvalue weighted by molar-refractivity contribution is 7.61. The first-order valence-corrected chi connectivity index (χ1v) is 7.03. The lowest BCUT2D eigenvalue weighted by Gasteiger charge is -2.18. The number of hydrogen-bond donors (Lipinski definition) is 1. The van der Waals surface area contributed by atoms with E-state index in [0.29, 0.717) is 5.30 Å². The van der Waals surface area contributed by atoms with Crippen molar-refractivity contribution < 1.29 is 14.0 Å². The van der Waals surface area contributed by atoms with Crippen molar-refractivity contribution in [1.29, 1.82) is 0 Å². The zero-order valence-corrected chi connectivity index (χ0v) is 11.1. The molecule has 0 amide bonds. The summed E-state index contributed by atoms with van der Waals surface area (Å²) in [5, 5.41) is 0.401. The Bertz CT molecular complexity index is 415. The van der Waals surface area contributed by atoms with Crippen LogP contribution in [-0.2, 0) is 9.09 Å². The van der Waals surface area contributed by atoms with Crippen LogP contribution in [0, 0.1) is 13.8 Å². The second-order valence-corrected chi connectivity index (χ2v) is 5.87. The zero-order chi connectivity index (χ0) is 12.3. The van der Waals surface area contributed by atoms with E-state index in [-0.39, 0.29) is 6.10 Å². The Labute approximate surface area is 97.0 Å². The normalized spacial score (nSPS) is 16.8. The van der Waals surface area contributed by atoms with Gasteiger partial charge in [0, 0.05) is 0 Å². The van der Waals surface area contributed by atoms with Crippen LogP contribution in [0.25, 0.3) is 0 Å². The Morgan fingerprint density at radius 1 is 1.44 bits per heavy atom. The molecule has 3 nitrogen and oxygen atoms in total. The van der Waals surface area contributed by atoms with Gasteiger partial charge in [-0.1, -0.05) is 24.6 Å². The molecule has 0 aliphatic rings. The Morgan fingerprint density at radius 3 is 2.56 bits per heavy atom. The van der Waals surface area contributed by atoms with Gasteiger partial charge in [0.2, 0.25) is 0 Å². The molecule has 1 aromatic carbocycles. The quantitative estimate of drug-likeness (QED) is 0.826. The lowest BCUT2D eigenvalue weighted by molar-refractivity contribution is 0.192. The van der Waals surface area contributed by atoms with Crippen LogP contribution in [0.1, 0.15) is 31.4 Å². The summed E-state index contributed by atoms with van der Waals surface area (Å²) in [5.41, 5.74) is 1.87. The van der Waals surface area contributed by atoms with Crippen molar-refractivity contribution >= 4 is 12.9 Å². The van der Waals surface area contributed by atoms with Crippen molar-refractivity contribution in [2.75, 3.05) is 0 Å². The van der Waals surface area contributed by atoms with Crippen LogP contribution in [0.2, 0.25) is 0 Å². The summed E-state index contributed by atoms with van der Waals surface area (Å²) in [5.74, 6) is 0. The van der Waals surface area contributed by atoms with Gasteiger partial charge in [-0.3, -0.25) is 4.57 Å². The number of aryl methyl sites for hydroxylation is 2. The molecule has 4 heteroatoms. The summed E-state index contributed by atoms with van der Waals surface area (Å²) in [6.07, 6.45) is 0.506. The molecule has 0 spiro atoms. The number of benzene rings is 1. The van der Waals surface area contributed by atoms with E-state index in [2.05, 4.69) is 0 Å². The van der Waals surface area contributed by atoms with E-state index in [1.807, 2.05) is 32.9 Å². The Kier molecular flexibility index (Phi) is 4.31. The van der Waals surface area contributed by atoms with Gasteiger partial charge >= 0.3 is 7.60 Å². The molecule has 2 unspecified atom stereocenters. The van der Waals surface area contributed by atoms with E-state index < -0.39 is 7.60 Å². The van der Waals surface area contributed by atoms with Crippen LogP contribution in [0.3, 0.4) is 0 Å². The van der Waals surface area contributed by atoms with E-state index >= 15 is 0 Å². The SMILES string of the molecule is CCC(C)OP(=O)(O)c1ccc(C)cc1C. The molecule has 0 saturated heterocycles. The van der Waals surface area contributed by atoms with Crippen LogP contribution < -0.4 is 5.30 Å². The molecule has 0 saturated carbocycles. The van der Waals surface area contributed by atoms with Crippen molar-refractivity contribution in [2.24, 2.45) is 0 Å². The van der Waals surface area contributed by atoms with Crippen molar-refractivity contribution in [2.45, 2.75) is 40.2 Å². The van der Waals surface area contributed by atoms with Gasteiger partial charge in [-0.25, -0.2) is 0 Å². The third-order valence-corrected chi connectivity index (χ3v) is 4.31. The highest BCUT2D eigenvalue weighted by Gasteiger charge is 2.26. The van der Waals surface area contributed by atoms with Gasteiger partial charge in [-0.2, -0.15) is 0 Å². The Hall–Kier alpha value is -0.630. The number of hydrogen-bond acceptors (Lipinski definition) is 2. The molecule has 0 heterocycles. The minimum atomic E-state index is -3.68. The molecule has 0 aliphatic heterocycles. The van der Waals surface area contributed by atoms with Gasteiger partial charge in [0.05, 0.1) is 11.4 Å². The minimum Gasteiger partial charge on any atom is -0.321 e. The van der Waals surface area contributed by atoms with Crippen LogP contribution in [0.15, 0.2) is 18.2 Å². The summed E-state index contributed by atoms with van der Waals surface area (Å²) in [6.45, 7) is 7.50. The third kappa shape index (κ3) is 3.18. The second-order valence-electron chi connectivity index (χ2n) is 4.13. The molecule has 0 radical (unpaired) electrons. The molecule has 1 aromatic rings. The maximum Gasteiger partial charge on any atom is 0.359 e. The summed E-state index contributed by atoms with van der Waals surface area (Å²) in [7, 11) is -3.68. The van der Waals surface area contributed by atoms with Crippen LogP contribution in [0.5, 0.6) is 0 Å². The topological polar surface area (TPSA) is 46.5 Å². The third-order valence-electron chi connectivity index (χ3n) is 2.55. The molecule has 0 fully saturated rings. The smallest absolute Gasteiger partial charge is 0.321 e. The first-order chi connectivity index (χ1) is 7.36. The summed E-state index contributed by atoms with van der Waals surface area (Å²) >= 11 is 0. The van der Waals surface area contributed by atoms with Crippen molar-refractivity contribution in [3.05, 3.63) is 29.3 Å². The Balaban J connectivity index is 3.02. The van der Waals surface area contributed by atoms with Gasteiger partial charge in [0.25, 0.3) is 0 Å². The maximum atomic E-state index is 12.1. The minimum absolute atomic E-state index is 0.212. The first kappa shape index (κ1) is 13.4. The highest BCUT2D eigenvalue weighted by atomic mass is 31.2. The molecular formula is C12H19O3P. The van der Waals surface area contributed by atoms with Gasteiger partial charge in [-0.05, 0) is 38.8 Å². The average Bonchev–Trinajstić information content (AvgIpc) is 2.16. The van der Waals surface area contributed by atoms with E-state index in [0.717, 1.165) is 17.5 Å². The molecular weight excluding hydrogens is 223 g/mol. The predicted molar refractivity (Wildman–Crippen MR) is 66.2 cm³/mol. The number of rotatable bonds is 4. The molecule has 1 rings (SSSR count). The van der Waals surface area contributed by atoms with Crippen molar-refractivity contribution in [1.82, 2.24) is 0 Å². The largest absolute Gasteiger partial charge is 0.359 e. The molecule has 0 aromatic heterocycles. The van der Waals surface area contributed by atoms with Crippen molar-refractivity contribution in [3.63, 3.8) is 0 Å². The fourth-order valence-electron chi connectivity index (χ4n) is 1.50. The van der Waals surface area contributed by atoms with E-state index in [9.17, 15) is 9.46 Å². The van der Waals surface area contributed by atoms with E-state index in [1.165, 1.54) is 0 Å². The van der Waals surface area contributed by atoms with Crippen LogP contribution >= 0.6 is 7.60 Å². The van der Waals surface area contributed by atoms with Gasteiger partial charge in [0.1, 0.15) is 0 Å². The average molecular weight is 242 g/mol. The van der Waals surface area contributed by atoms with Crippen molar-refractivity contribution in [3.8, 4) is 0 Å². The van der Waals surface area contributed by atoms with Gasteiger partial charge in [-0.15, -0.1) is 0 Å². The predicted octanol–water partition coefficient (Wildman–Crippen LogP) is 2.93. The monoisotopic (exact) mass is 242 g/mol. The van der Waals surface area contributed by atoms with E-state index in [4.69, 9.17) is 4.52 Å². The molecule has 1 N–H and O–H groups in total. The fraction of sp³-hybridized carbons (Fsp3) is 0.500. The lowest BCUT2D eigenvalue weighted by Crippen LogP contribution is -2.15. The molecule has 0 bridgehead atoms. The molecule has 0 aliphatic carbocycles. The fourth-order valence-corrected chi connectivity index (χ4v) is 3.02. The molecule has 90 valence electrons. The summed E-state index contributed by atoms with van der Waals surface area (Å²) in [6, 6.07) is 5.39. The lowest BCUT2D eigenvalue weighted by atomic mass is 10.2. The second kappa shape index (κ2) is 5.13. The standard InChI is InChI=1S/C12H19O3P/c1-5-11(4)15-16(13,14)12-7-6-9(2)8-10(12)3/h6-8,11H,5H2,1-4H3,(H,13,14). The van der Waals surface area contributed by atoms with Crippen LogP contribution in [-0.4, -0.2) is 11.0 Å². The summed E-state index contributed by atoms with van der Waals surface area (Å²) in [4.78, 5) is 9.89. The Morgan fingerprint density at radius 2 is 2.06 bits per heavy atom. The van der Waals surface area contributed by atoms with Gasteiger partial charge < -0.3 is 9.42 Å². The van der Waals surface area contributed by atoms with Crippen LogP contribution in [0.4, 0.5) is 0 Å². The van der Waals surface area contributed by atoms with Gasteiger partial charge in [0.15, 0.2) is 0 Å².